The average molecular weight is 513 g/mol. The zero-order valence-electron chi connectivity index (χ0n) is 20.9. The Morgan fingerprint density at radius 1 is 0.946 bits per heavy atom. The lowest BCUT2D eigenvalue weighted by Gasteiger charge is -2.28. The fourth-order valence-electron chi connectivity index (χ4n) is 4.96. The third-order valence-corrected chi connectivity index (χ3v) is 7.25. The van der Waals surface area contributed by atoms with Crippen molar-refractivity contribution in [2.45, 2.75) is 32.3 Å². The van der Waals surface area contributed by atoms with E-state index in [4.69, 9.17) is 32.0 Å². The number of aromatic nitrogens is 2. The van der Waals surface area contributed by atoms with E-state index in [0.29, 0.717) is 29.3 Å². The first-order valence-corrected chi connectivity index (χ1v) is 13.4. The topological polar surface area (TPSA) is 73.1 Å². The molecule has 0 radical (unpaired) electrons. The Morgan fingerprint density at radius 3 is 2.57 bits per heavy atom. The molecule has 0 saturated heterocycles. The smallest absolute Gasteiger partial charge is 0.154 e. The van der Waals surface area contributed by atoms with Crippen LogP contribution in [-0.4, -0.2) is 23.1 Å². The van der Waals surface area contributed by atoms with Gasteiger partial charge < -0.3 is 15.8 Å². The lowest BCUT2D eigenvalue weighted by Crippen LogP contribution is -2.26. The summed E-state index contributed by atoms with van der Waals surface area (Å²) in [6.45, 7) is 2.21. The molecule has 1 fully saturated rings. The van der Waals surface area contributed by atoms with Crippen molar-refractivity contribution in [2.75, 3.05) is 18.4 Å². The first kappa shape index (κ1) is 25.2. The van der Waals surface area contributed by atoms with E-state index in [1.54, 1.807) is 0 Å². The zero-order chi connectivity index (χ0) is 25.5. The van der Waals surface area contributed by atoms with E-state index in [0.717, 1.165) is 46.7 Å². The number of ether oxygens (including phenoxy) is 1. The van der Waals surface area contributed by atoms with Gasteiger partial charge in [-0.05, 0) is 85.2 Å². The molecule has 3 N–H and O–H groups in total. The van der Waals surface area contributed by atoms with Crippen molar-refractivity contribution in [2.24, 2.45) is 17.6 Å². The van der Waals surface area contributed by atoms with Gasteiger partial charge in [0.1, 0.15) is 18.2 Å². The molecule has 1 aliphatic carbocycles. The van der Waals surface area contributed by atoms with E-state index < -0.39 is 0 Å². The third kappa shape index (κ3) is 6.88. The van der Waals surface area contributed by atoms with E-state index in [2.05, 4.69) is 17.4 Å². The van der Waals surface area contributed by atoms with Crippen molar-refractivity contribution < 1.29 is 4.74 Å². The second kappa shape index (κ2) is 12.2. The van der Waals surface area contributed by atoms with Crippen molar-refractivity contribution in [3.63, 3.8) is 0 Å². The highest BCUT2D eigenvalue weighted by atomic mass is 35.5. The van der Waals surface area contributed by atoms with Crippen LogP contribution in [0.4, 0.5) is 5.82 Å². The molecular formula is C31H33ClN4O. The van der Waals surface area contributed by atoms with Gasteiger partial charge in [-0.2, -0.15) is 0 Å². The summed E-state index contributed by atoms with van der Waals surface area (Å²) in [6.07, 6.45) is 8.86. The molecule has 1 heterocycles. The number of nitrogens with zero attached hydrogens (tertiary/aromatic N) is 2. The second-order valence-electron chi connectivity index (χ2n) is 9.78. The maximum Gasteiger partial charge on any atom is 0.154 e. The fourth-order valence-corrected chi connectivity index (χ4v) is 5.13. The SMILES string of the molecule is NCC1CCCC(CNc2nc(C=Cc3ccc(OCc4ccccc4)cc3)nc3cc(Cl)ccc23)C1. The number of anilines is 1. The summed E-state index contributed by atoms with van der Waals surface area (Å²) in [5.74, 6) is 3.58. The largest absolute Gasteiger partial charge is 0.489 e. The molecule has 5 rings (SSSR count). The number of hydrogen-bond donors (Lipinski definition) is 2. The summed E-state index contributed by atoms with van der Waals surface area (Å²) >= 11 is 6.28. The summed E-state index contributed by atoms with van der Waals surface area (Å²) in [4.78, 5) is 9.60. The summed E-state index contributed by atoms with van der Waals surface area (Å²) in [6, 6.07) is 24.0. The molecule has 37 heavy (non-hydrogen) atoms. The molecule has 1 aliphatic rings. The highest BCUT2D eigenvalue weighted by Crippen LogP contribution is 2.30. The van der Waals surface area contributed by atoms with Crippen LogP contribution in [0.15, 0.2) is 72.8 Å². The lowest BCUT2D eigenvalue weighted by atomic mass is 9.81. The predicted octanol–water partition coefficient (Wildman–Crippen LogP) is 7.21. The number of rotatable bonds is 9. The molecule has 0 bridgehead atoms. The average Bonchev–Trinajstić information content (AvgIpc) is 2.94. The molecule has 190 valence electrons. The standard InChI is InChI=1S/C31H33ClN4O/c32-26-12-15-28-29(18-26)35-30(36-31(28)34-20-25-8-4-7-24(17-25)19-33)16-11-22-9-13-27(14-10-22)37-21-23-5-2-1-3-6-23/h1-3,5-6,9-16,18,24-25H,4,7-8,17,19-21,33H2,(H,34,35,36). The summed E-state index contributed by atoms with van der Waals surface area (Å²) in [7, 11) is 0. The predicted molar refractivity (Wildman–Crippen MR) is 154 cm³/mol. The number of fused-ring (bicyclic) bond motifs is 1. The number of benzene rings is 3. The molecule has 4 aromatic rings. The maximum absolute atomic E-state index is 6.28. The highest BCUT2D eigenvalue weighted by Gasteiger charge is 2.21. The van der Waals surface area contributed by atoms with Gasteiger partial charge in [-0.3, -0.25) is 0 Å². The van der Waals surface area contributed by atoms with Gasteiger partial charge in [0.2, 0.25) is 0 Å². The van der Waals surface area contributed by atoms with Crippen LogP contribution in [0.1, 0.15) is 42.6 Å². The number of halogens is 1. The Labute approximate surface area is 223 Å². The van der Waals surface area contributed by atoms with Crippen LogP contribution >= 0.6 is 11.6 Å². The van der Waals surface area contributed by atoms with Crippen LogP contribution in [0.5, 0.6) is 5.75 Å². The molecule has 2 atom stereocenters. The van der Waals surface area contributed by atoms with Crippen LogP contribution in [0.2, 0.25) is 5.02 Å². The Bertz CT molecular complexity index is 1340. The van der Waals surface area contributed by atoms with Crippen LogP contribution < -0.4 is 15.8 Å². The van der Waals surface area contributed by atoms with Gasteiger partial charge in [-0.25, -0.2) is 9.97 Å². The van der Waals surface area contributed by atoms with E-state index in [9.17, 15) is 0 Å². The number of nitrogens with two attached hydrogens (primary N) is 1. The number of nitrogens with one attached hydrogen (secondary N) is 1. The minimum atomic E-state index is 0.549. The second-order valence-corrected chi connectivity index (χ2v) is 10.2. The van der Waals surface area contributed by atoms with Gasteiger partial charge in [0.05, 0.1) is 5.52 Å². The molecule has 3 aromatic carbocycles. The minimum absolute atomic E-state index is 0.549. The van der Waals surface area contributed by atoms with E-state index in [-0.39, 0.29) is 0 Å². The van der Waals surface area contributed by atoms with Gasteiger partial charge in [0.25, 0.3) is 0 Å². The van der Waals surface area contributed by atoms with Crippen molar-refractivity contribution in [3.8, 4) is 5.75 Å². The van der Waals surface area contributed by atoms with Gasteiger partial charge in [-0.1, -0.05) is 66.6 Å². The molecule has 1 aromatic heterocycles. The minimum Gasteiger partial charge on any atom is -0.489 e. The molecule has 0 aliphatic heterocycles. The van der Waals surface area contributed by atoms with E-state index >= 15 is 0 Å². The van der Waals surface area contributed by atoms with Crippen LogP contribution in [0, 0.1) is 11.8 Å². The van der Waals surface area contributed by atoms with E-state index in [1.807, 2.05) is 72.8 Å². The van der Waals surface area contributed by atoms with Crippen molar-refractivity contribution in [3.05, 3.63) is 94.8 Å². The Hall–Kier alpha value is -3.41. The highest BCUT2D eigenvalue weighted by molar-refractivity contribution is 6.31. The van der Waals surface area contributed by atoms with Gasteiger partial charge in [0.15, 0.2) is 5.82 Å². The molecular weight excluding hydrogens is 480 g/mol. The molecule has 1 saturated carbocycles. The normalized spacial score (nSPS) is 17.8. The molecule has 6 heteroatoms. The van der Waals surface area contributed by atoms with Gasteiger partial charge in [-0.15, -0.1) is 0 Å². The van der Waals surface area contributed by atoms with Crippen molar-refractivity contribution in [1.82, 2.24) is 9.97 Å². The van der Waals surface area contributed by atoms with Gasteiger partial charge in [0, 0.05) is 17.0 Å². The van der Waals surface area contributed by atoms with E-state index in [1.165, 1.54) is 25.7 Å². The molecule has 5 nitrogen and oxygen atoms in total. The molecule has 2 unspecified atom stereocenters. The van der Waals surface area contributed by atoms with Crippen LogP contribution in [0.3, 0.4) is 0 Å². The quantitative estimate of drug-likeness (QED) is 0.248. The molecule has 0 amide bonds. The lowest BCUT2D eigenvalue weighted by molar-refractivity contribution is 0.281. The zero-order valence-corrected chi connectivity index (χ0v) is 21.7. The fraction of sp³-hybridized carbons (Fsp3) is 0.290. The summed E-state index contributed by atoms with van der Waals surface area (Å²) < 4.78 is 5.90. The maximum atomic E-state index is 6.28. The van der Waals surface area contributed by atoms with Crippen molar-refractivity contribution >= 4 is 40.5 Å². The number of hydrogen-bond acceptors (Lipinski definition) is 5. The Balaban J connectivity index is 1.29. The van der Waals surface area contributed by atoms with Crippen molar-refractivity contribution in [1.29, 1.82) is 0 Å². The summed E-state index contributed by atoms with van der Waals surface area (Å²) in [5, 5.41) is 5.25. The third-order valence-electron chi connectivity index (χ3n) is 7.01. The van der Waals surface area contributed by atoms with Gasteiger partial charge >= 0.3 is 0 Å². The molecule has 0 spiro atoms. The van der Waals surface area contributed by atoms with Crippen LogP contribution in [0.25, 0.3) is 23.1 Å². The Morgan fingerprint density at radius 2 is 1.76 bits per heavy atom. The van der Waals surface area contributed by atoms with Crippen LogP contribution in [-0.2, 0) is 6.61 Å². The Kier molecular flexibility index (Phi) is 8.34. The monoisotopic (exact) mass is 512 g/mol. The first-order valence-electron chi connectivity index (χ1n) is 13.0. The summed E-state index contributed by atoms with van der Waals surface area (Å²) in [5.41, 5.74) is 8.97. The first-order chi connectivity index (χ1) is 18.2.